The van der Waals surface area contributed by atoms with Gasteiger partial charge in [0.2, 0.25) is 5.91 Å². The molecule has 112 valence electrons. The van der Waals surface area contributed by atoms with Gasteiger partial charge in [-0.05, 0) is 37.1 Å². The van der Waals surface area contributed by atoms with Crippen molar-refractivity contribution in [3.05, 3.63) is 29.3 Å². The van der Waals surface area contributed by atoms with Crippen molar-refractivity contribution in [2.24, 2.45) is 0 Å². The van der Waals surface area contributed by atoms with Gasteiger partial charge < -0.3 is 15.1 Å². The van der Waals surface area contributed by atoms with Crippen LogP contribution in [0.3, 0.4) is 0 Å². The van der Waals surface area contributed by atoms with Crippen LogP contribution < -0.4 is 10.2 Å². The third kappa shape index (κ3) is 2.65. The normalized spacial score (nSPS) is 21.3. The van der Waals surface area contributed by atoms with E-state index in [-0.39, 0.29) is 11.8 Å². The van der Waals surface area contributed by atoms with Crippen molar-refractivity contribution < 1.29 is 9.59 Å². The Hall–Kier alpha value is -1.88. The zero-order valence-electron chi connectivity index (χ0n) is 12.6. The Morgan fingerprint density at radius 3 is 2.81 bits per heavy atom. The molecule has 0 spiro atoms. The number of hydrogen-bond donors (Lipinski definition) is 1. The first-order valence-corrected chi connectivity index (χ1v) is 7.50. The Balaban J connectivity index is 1.81. The van der Waals surface area contributed by atoms with E-state index in [4.69, 9.17) is 0 Å². The third-order valence-electron chi connectivity index (χ3n) is 4.26. The topological polar surface area (TPSA) is 52.7 Å². The van der Waals surface area contributed by atoms with Crippen molar-refractivity contribution in [2.75, 3.05) is 31.1 Å². The van der Waals surface area contributed by atoms with Gasteiger partial charge in [-0.3, -0.25) is 9.59 Å². The van der Waals surface area contributed by atoms with Gasteiger partial charge in [0, 0.05) is 50.4 Å². The number of amides is 2. The minimum Gasteiger partial charge on any atom is -0.336 e. The first-order chi connectivity index (χ1) is 10.1. The van der Waals surface area contributed by atoms with Crippen molar-refractivity contribution in [2.45, 2.75) is 26.3 Å². The van der Waals surface area contributed by atoms with Crippen LogP contribution in [0.25, 0.3) is 0 Å². The lowest BCUT2D eigenvalue weighted by atomic mass is 10.1. The second-order valence-electron chi connectivity index (χ2n) is 5.87. The van der Waals surface area contributed by atoms with Crippen molar-refractivity contribution in [1.82, 2.24) is 10.2 Å². The lowest BCUT2D eigenvalue weighted by molar-refractivity contribution is -0.116. The Labute approximate surface area is 124 Å². The lowest BCUT2D eigenvalue weighted by Gasteiger charge is -2.32. The van der Waals surface area contributed by atoms with Crippen LogP contribution >= 0.6 is 0 Å². The van der Waals surface area contributed by atoms with Crippen LogP contribution in [-0.2, 0) is 11.2 Å². The van der Waals surface area contributed by atoms with E-state index in [0.717, 1.165) is 42.9 Å². The molecule has 1 aromatic rings. The molecule has 0 radical (unpaired) electrons. The minimum atomic E-state index is 0.0590. The molecule has 2 aliphatic rings. The molecule has 0 aromatic heterocycles. The number of piperazine rings is 1. The number of rotatable bonds is 1. The fourth-order valence-corrected chi connectivity index (χ4v) is 3.16. The molecular formula is C16H21N3O2. The first kappa shape index (κ1) is 14.1. The van der Waals surface area contributed by atoms with E-state index in [9.17, 15) is 9.59 Å². The number of fused-ring (bicyclic) bond motifs is 1. The fraction of sp³-hybridized carbons (Fsp3) is 0.500. The molecule has 0 saturated carbocycles. The Morgan fingerprint density at radius 2 is 2.10 bits per heavy atom. The molecule has 5 nitrogen and oxygen atoms in total. The lowest BCUT2D eigenvalue weighted by Crippen LogP contribution is -2.51. The monoisotopic (exact) mass is 287 g/mol. The number of carbonyl (C=O) groups is 2. The van der Waals surface area contributed by atoms with E-state index in [1.165, 1.54) is 0 Å². The van der Waals surface area contributed by atoms with Crippen molar-refractivity contribution in [3.63, 3.8) is 0 Å². The number of nitrogens with zero attached hydrogens (tertiary/aromatic N) is 2. The molecule has 2 amide bonds. The highest BCUT2D eigenvalue weighted by Gasteiger charge is 2.25. The summed E-state index contributed by atoms with van der Waals surface area (Å²) in [5.74, 6) is 0.149. The summed E-state index contributed by atoms with van der Waals surface area (Å²) in [7, 11) is 0. The largest absolute Gasteiger partial charge is 0.336 e. The van der Waals surface area contributed by atoms with E-state index in [1.54, 1.807) is 11.8 Å². The zero-order valence-corrected chi connectivity index (χ0v) is 12.6. The van der Waals surface area contributed by atoms with Crippen LogP contribution in [0.4, 0.5) is 5.69 Å². The maximum atomic E-state index is 12.6. The number of anilines is 1. The fourth-order valence-electron chi connectivity index (χ4n) is 3.16. The van der Waals surface area contributed by atoms with E-state index in [0.29, 0.717) is 12.6 Å². The first-order valence-electron chi connectivity index (χ1n) is 7.50. The quantitative estimate of drug-likeness (QED) is 0.839. The summed E-state index contributed by atoms with van der Waals surface area (Å²) in [5, 5.41) is 3.34. The predicted molar refractivity (Wildman–Crippen MR) is 81.5 cm³/mol. The minimum absolute atomic E-state index is 0.0590. The molecule has 3 rings (SSSR count). The van der Waals surface area contributed by atoms with Crippen molar-refractivity contribution >= 4 is 17.5 Å². The number of hydrogen-bond acceptors (Lipinski definition) is 3. The molecular weight excluding hydrogens is 266 g/mol. The van der Waals surface area contributed by atoms with Gasteiger partial charge in [0.15, 0.2) is 0 Å². The Bertz CT molecular complexity index is 585. The summed E-state index contributed by atoms with van der Waals surface area (Å²) < 4.78 is 0. The van der Waals surface area contributed by atoms with Crippen LogP contribution in [0.2, 0.25) is 0 Å². The van der Waals surface area contributed by atoms with Gasteiger partial charge in [-0.2, -0.15) is 0 Å². The number of carbonyl (C=O) groups excluding carboxylic acids is 2. The highest BCUT2D eigenvalue weighted by atomic mass is 16.2. The van der Waals surface area contributed by atoms with Gasteiger partial charge >= 0.3 is 0 Å². The van der Waals surface area contributed by atoms with E-state index in [2.05, 4.69) is 12.2 Å². The van der Waals surface area contributed by atoms with Crippen LogP contribution in [0.15, 0.2) is 18.2 Å². The second-order valence-corrected chi connectivity index (χ2v) is 5.87. The van der Waals surface area contributed by atoms with Crippen LogP contribution in [-0.4, -0.2) is 48.9 Å². The SMILES string of the molecule is CC(=O)N1CCc2cc(C(=O)N3CCN[C@H](C)C3)ccc21. The van der Waals surface area contributed by atoms with Crippen LogP contribution in [0, 0.1) is 0 Å². The summed E-state index contributed by atoms with van der Waals surface area (Å²) in [6, 6.07) is 6.04. The summed E-state index contributed by atoms with van der Waals surface area (Å²) in [6.07, 6.45) is 0.827. The Kier molecular flexibility index (Phi) is 3.68. The van der Waals surface area contributed by atoms with Gasteiger partial charge in [-0.15, -0.1) is 0 Å². The highest BCUT2D eigenvalue weighted by molar-refractivity contribution is 5.98. The average molecular weight is 287 g/mol. The van der Waals surface area contributed by atoms with Gasteiger partial charge in [0.1, 0.15) is 0 Å². The zero-order chi connectivity index (χ0) is 15.0. The standard InChI is InChI=1S/C16H21N3O2/c1-11-10-18(8-6-17-11)16(21)14-3-4-15-13(9-14)5-7-19(15)12(2)20/h3-4,9,11,17H,5-8,10H2,1-2H3/t11-/m1/s1. The van der Waals surface area contributed by atoms with Gasteiger partial charge in [0.05, 0.1) is 0 Å². The van der Waals surface area contributed by atoms with E-state index < -0.39 is 0 Å². The summed E-state index contributed by atoms with van der Waals surface area (Å²) in [5.41, 5.74) is 2.78. The molecule has 1 aromatic carbocycles. The molecule has 1 N–H and O–H groups in total. The summed E-state index contributed by atoms with van der Waals surface area (Å²) >= 11 is 0. The predicted octanol–water partition coefficient (Wildman–Crippen LogP) is 1.03. The molecule has 5 heteroatoms. The molecule has 1 atom stereocenters. The molecule has 0 aliphatic carbocycles. The molecule has 1 saturated heterocycles. The molecule has 2 heterocycles. The van der Waals surface area contributed by atoms with E-state index in [1.807, 2.05) is 23.1 Å². The molecule has 0 unspecified atom stereocenters. The summed E-state index contributed by atoms with van der Waals surface area (Å²) in [4.78, 5) is 27.8. The van der Waals surface area contributed by atoms with Crippen LogP contribution in [0.1, 0.15) is 29.8 Å². The van der Waals surface area contributed by atoms with Crippen molar-refractivity contribution in [3.8, 4) is 0 Å². The number of nitrogens with one attached hydrogen (secondary N) is 1. The van der Waals surface area contributed by atoms with Gasteiger partial charge in [-0.1, -0.05) is 0 Å². The van der Waals surface area contributed by atoms with Gasteiger partial charge in [-0.25, -0.2) is 0 Å². The molecule has 2 aliphatic heterocycles. The summed E-state index contributed by atoms with van der Waals surface area (Å²) in [6.45, 7) is 6.72. The highest BCUT2D eigenvalue weighted by Crippen LogP contribution is 2.29. The molecule has 1 fully saturated rings. The molecule has 21 heavy (non-hydrogen) atoms. The van der Waals surface area contributed by atoms with Gasteiger partial charge in [0.25, 0.3) is 5.91 Å². The maximum absolute atomic E-state index is 12.6. The van der Waals surface area contributed by atoms with Crippen molar-refractivity contribution in [1.29, 1.82) is 0 Å². The smallest absolute Gasteiger partial charge is 0.253 e. The molecule has 0 bridgehead atoms. The number of benzene rings is 1. The maximum Gasteiger partial charge on any atom is 0.253 e. The van der Waals surface area contributed by atoms with E-state index >= 15 is 0 Å². The second kappa shape index (κ2) is 5.48. The third-order valence-corrected chi connectivity index (χ3v) is 4.26. The Morgan fingerprint density at radius 1 is 1.29 bits per heavy atom. The van der Waals surface area contributed by atoms with Crippen LogP contribution in [0.5, 0.6) is 0 Å². The average Bonchev–Trinajstić information content (AvgIpc) is 2.89.